The van der Waals surface area contributed by atoms with Gasteiger partial charge in [0.05, 0.1) is 28.4 Å². The summed E-state index contributed by atoms with van der Waals surface area (Å²) in [6, 6.07) is 3.07. The van der Waals surface area contributed by atoms with E-state index in [9.17, 15) is 4.79 Å². The summed E-state index contributed by atoms with van der Waals surface area (Å²) in [7, 11) is 0. The molecule has 3 N–H and O–H groups in total. The Hall–Kier alpha value is -1.72. The van der Waals surface area contributed by atoms with Crippen LogP contribution in [0.1, 0.15) is 11.4 Å². The number of aryl methyl sites for hydroxylation is 1. The molecule has 1 aromatic carbocycles. The Morgan fingerprint density at radius 1 is 1.40 bits per heavy atom. The van der Waals surface area contributed by atoms with Gasteiger partial charge in [0.1, 0.15) is 6.54 Å². The summed E-state index contributed by atoms with van der Waals surface area (Å²) < 4.78 is 1.75. The maximum atomic E-state index is 12.0. The molecule has 0 fully saturated rings. The van der Waals surface area contributed by atoms with Gasteiger partial charge in [0.25, 0.3) is 0 Å². The van der Waals surface area contributed by atoms with Crippen molar-refractivity contribution in [2.75, 3.05) is 11.1 Å². The number of nitrogens with zero attached hydrogens (tertiary/aromatic N) is 2. The standard InChI is InChI=1S/C13H14Cl2N4O/c1-7-8(2)19(6-17-7)5-12(20)18-13-10(15)3-9(14)4-11(13)16/h3-4,6H,5,16H2,1-2H3,(H,18,20). The fraction of sp³-hybridized carbons (Fsp3) is 0.231. The van der Waals surface area contributed by atoms with Crippen LogP contribution in [0.2, 0.25) is 10.0 Å². The maximum Gasteiger partial charge on any atom is 0.244 e. The van der Waals surface area contributed by atoms with Crippen molar-refractivity contribution in [3.05, 3.63) is 39.9 Å². The van der Waals surface area contributed by atoms with E-state index in [1.165, 1.54) is 12.1 Å². The first-order valence-corrected chi connectivity index (χ1v) is 6.66. The molecular formula is C13H14Cl2N4O. The molecule has 1 heterocycles. The maximum absolute atomic E-state index is 12.0. The monoisotopic (exact) mass is 312 g/mol. The van der Waals surface area contributed by atoms with Crippen molar-refractivity contribution < 1.29 is 4.79 Å². The number of nitrogens with two attached hydrogens (primary N) is 1. The summed E-state index contributed by atoms with van der Waals surface area (Å²) in [5.74, 6) is -0.235. The molecule has 5 nitrogen and oxygen atoms in total. The third-order valence-electron chi connectivity index (χ3n) is 3.01. The van der Waals surface area contributed by atoms with Gasteiger partial charge in [0, 0.05) is 10.7 Å². The van der Waals surface area contributed by atoms with Gasteiger partial charge < -0.3 is 15.6 Å². The van der Waals surface area contributed by atoms with Gasteiger partial charge in [-0.05, 0) is 26.0 Å². The van der Waals surface area contributed by atoms with E-state index in [1.807, 2.05) is 13.8 Å². The zero-order chi connectivity index (χ0) is 14.9. The smallest absolute Gasteiger partial charge is 0.244 e. The van der Waals surface area contributed by atoms with Crippen LogP contribution in [0.3, 0.4) is 0 Å². The Balaban J connectivity index is 2.15. The summed E-state index contributed by atoms with van der Waals surface area (Å²) in [4.78, 5) is 16.2. The molecule has 7 heteroatoms. The fourth-order valence-electron chi connectivity index (χ4n) is 1.76. The van der Waals surface area contributed by atoms with Gasteiger partial charge in [-0.15, -0.1) is 0 Å². The van der Waals surface area contributed by atoms with Crippen LogP contribution in [0.5, 0.6) is 0 Å². The highest BCUT2D eigenvalue weighted by Gasteiger charge is 2.12. The Morgan fingerprint density at radius 2 is 2.10 bits per heavy atom. The van der Waals surface area contributed by atoms with Crippen molar-refractivity contribution >= 4 is 40.5 Å². The molecule has 106 valence electrons. The molecule has 0 saturated carbocycles. The molecule has 2 aromatic rings. The summed E-state index contributed by atoms with van der Waals surface area (Å²) >= 11 is 11.8. The molecule has 1 amide bonds. The molecular weight excluding hydrogens is 299 g/mol. The lowest BCUT2D eigenvalue weighted by Crippen LogP contribution is -2.20. The second kappa shape index (κ2) is 5.73. The summed E-state index contributed by atoms with van der Waals surface area (Å²) in [5.41, 5.74) is 8.32. The third-order valence-corrected chi connectivity index (χ3v) is 3.53. The normalized spacial score (nSPS) is 10.6. The van der Waals surface area contributed by atoms with E-state index >= 15 is 0 Å². The van der Waals surface area contributed by atoms with Crippen molar-refractivity contribution in [1.29, 1.82) is 0 Å². The largest absolute Gasteiger partial charge is 0.397 e. The van der Waals surface area contributed by atoms with Gasteiger partial charge in [-0.2, -0.15) is 0 Å². The number of halogens is 2. The first kappa shape index (κ1) is 14.7. The van der Waals surface area contributed by atoms with Crippen LogP contribution in [0.25, 0.3) is 0 Å². The van der Waals surface area contributed by atoms with E-state index in [0.717, 1.165) is 11.4 Å². The number of benzene rings is 1. The van der Waals surface area contributed by atoms with Crippen LogP contribution >= 0.6 is 23.2 Å². The van der Waals surface area contributed by atoms with Gasteiger partial charge in [-0.1, -0.05) is 23.2 Å². The fourth-order valence-corrected chi connectivity index (χ4v) is 2.32. The molecule has 0 saturated heterocycles. The van der Waals surface area contributed by atoms with Crippen LogP contribution in [0, 0.1) is 13.8 Å². The van der Waals surface area contributed by atoms with E-state index in [4.69, 9.17) is 28.9 Å². The lowest BCUT2D eigenvalue weighted by molar-refractivity contribution is -0.116. The van der Waals surface area contributed by atoms with Crippen molar-refractivity contribution in [3.63, 3.8) is 0 Å². The Bertz CT molecular complexity index is 643. The minimum absolute atomic E-state index is 0.144. The van der Waals surface area contributed by atoms with Gasteiger partial charge in [0.2, 0.25) is 5.91 Å². The SMILES string of the molecule is Cc1ncn(CC(=O)Nc2c(N)cc(Cl)cc2Cl)c1C. The second-order valence-corrected chi connectivity index (χ2v) is 5.29. The lowest BCUT2D eigenvalue weighted by Gasteiger charge is -2.11. The molecule has 0 radical (unpaired) electrons. The molecule has 2 rings (SSSR count). The van der Waals surface area contributed by atoms with E-state index in [-0.39, 0.29) is 12.5 Å². The molecule has 0 aliphatic rings. The molecule has 0 bridgehead atoms. The Labute approximate surface area is 126 Å². The van der Waals surface area contributed by atoms with E-state index in [0.29, 0.717) is 21.4 Å². The number of hydrogen-bond acceptors (Lipinski definition) is 3. The predicted octanol–water partition coefficient (Wildman–Crippen LogP) is 3.03. The summed E-state index contributed by atoms with van der Waals surface area (Å²) in [6.45, 7) is 3.93. The molecule has 0 spiro atoms. The topological polar surface area (TPSA) is 72.9 Å². The highest BCUT2D eigenvalue weighted by molar-refractivity contribution is 6.37. The lowest BCUT2D eigenvalue weighted by atomic mass is 10.2. The summed E-state index contributed by atoms with van der Waals surface area (Å²) in [5, 5.41) is 3.42. The predicted molar refractivity (Wildman–Crippen MR) is 81.2 cm³/mol. The van der Waals surface area contributed by atoms with Crippen LogP contribution in [-0.2, 0) is 11.3 Å². The Kier molecular flexibility index (Phi) is 4.20. The van der Waals surface area contributed by atoms with Crippen molar-refractivity contribution in [1.82, 2.24) is 9.55 Å². The van der Waals surface area contributed by atoms with Crippen LogP contribution in [-0.4, -0.2) is 15.5 Å². The minimum atomic E-state index is -0.235. The van der Waals surface area contributed by atoms with Gasteiger partial charge in [0.15, 0.2) is 0 Å². The zero-order valence-corrected chi connectivity index (χ0v) is 12.6. The van der Waals surface area contributed by atoms with E-state index in [2.05, 4.69) is 10.3 Å². The van der Waals surface area contributed by atoms with E-state index in [1.54, 1.807) is 10.9 Å². The minimum Gasteiger partial charge on any atom is -0.397 e. The summed E-state index contributed by atoms with van der Waals surface area (Å²) in [6.07, 6.45) is 1.62. The number of anilines is 2. The number of nitrogens with one attached hydrogen (secondary N) is 1. The van der Waals surface area contributed by atoms with Crippen LogP contribution in [0.15, 0.2) is 18.5 Å². The molecule has 0 unspecified atom stereocenters. The quantitative estimate of drug-likeness (QED) is 0.856. The molecule has 0 aliphatic heterocycles. The molecule has 0 aliphatic carbocycles. The average Bonchev–Trinajstić information content (AvgIpc) is 2.66. The second-order valence-electron chi connectivity index (χ2n) is 4.44. The number of nitrogen functional groups attached to an aromatic ring is 1. The molecule has 0 atom stereocenters. The van der Waals surface area contributed by atoms with Crippen LogP contribution < -0.4 is 11.1 Å². The van der Waals surface area contributed by atoms with Crippen molar-refractivity contribution in [3.8, 4) is 0 Å². The highest BCUT2D eigenvalue weighted by atomic mass is 35.5. The number of rotatable bonds is 3. The van der Waals surface area contributed by atoms with Crippen molar-refractivity contribution in [2.45, 2.75) is 20.4 Å². The first-order chi connectivity index (χ1) is 9.38. The number of carbonyl (C=O) groups excluding carboxylic acids is 1. The van der Waals surface area contributed by atoms with E-state index < -0.39 is 0 Å². The van der Waals surface area contributed by atoms with Crippen LogP contribution in [0.4, 0.5) is 11.4 Å². The third kappa shape index (κ3) is 3.05. The average molecular weight is 313 g/mol. The number of imidazole rings is 1. The van der Waals surface area contributed by atoms with Gasteiger partial charge in [-0.3, -0.25) is 4.79 Å². The Morgan fingerprint density at radius 3 is 2.65 bits per heavy atom. The molecule has 1 aromatic heterocycles. The van der Waals surface area contributed by atoms with Crippen molar-refractivity contribution in [2.24, 2.45) is 0 Å². The van der Waals surface area contributed by atoms with Gasteiger partial charge >= 0.3 is 0 Å². The number of hydrogen-bond donors (Lipinski definition) is 2. The number of carbonyl (C=O) groups is 1. The molecule has 20 heavy (non-hydrogen) atoms. The number of amides is 1. The number of aromatic nitrogens is 2. The highest BCUT2D eigenvalue weighted by Crippen LogP contribution is 2.32. The van der Waals surface area contributed by atoms with Gasteiger partial charge in [-0.25, -0.2) is 4.98 Å². The zero-order valence-electron chi connectivity index (χ0n) is 11.1. The first-order valence-electron chi connectivity index (χ1n) is 5.91.